The Balaban J connectivity index is 3.14. The number of rotatable bonds is 30. The lowest BCUT2D eigenvalue weighted by atomic mass is 10.2. The maximum atomic E-state index is 11.5. The lowest BCUT2D eigenvalue weighted by Gasteiger charge is -2.19. The largest absolute Gasteiger partial charge is 0.463 e. The molecule has 0 aliphatic rings. The maximum Gasteiger partial charge on any atom is 0.332 e. The Morgan fingerprint density at radius 1 is 0.475 bits per heavy atom. The topological polar surface area (TPSA) is 126 Å². The van der Waals surface area contributed by atoms with Crippen molar-refractivity contribution in [1.82, 2.24) is 0 Å². The third-order valence-electron chi connectivity index (χ3n) is 4.72. The van der Waals surface area contributed by atoms with E-state index in [9.17, 15) is 9.59 Å². The lowest BCUT2D eigenvalue weighted by Crippen LogP contribution is -2.27. The molecule has 0 fully saturated rings. The Kier molecular flexibility index (Phi) is 28.1. The van der Waals surface area contributed by atoms with Gasteiger partial charge in [0.1, 0.15) is 18.8 Å². The van der Waals surface area contributed by atoms with Crippen LogP contribution in [0.2, 0.25) is 0 Å². The fourth-order valence-corrected chi connectivity index (χ4v) is 2.87. The molecule has 0 atom stereocenters. The fraction of sp³-hybridized carbons (Fsp3) is 0.929. The van der Waals surface area contributed by atoms with Gasteiger partial charge in [-0.2, -0.15) is 0 Å². The Labute approximate surface area is 240 Å². The molecule has 238 valence electrons. The van der Waals surface area contributed by atoms with Crippen LogP contribution in [0.4, 0.5) is 0 Å². The molecule has 0 bridgehead atoms. The molecule has 0 saturated carbocycles. The van der Waals surface area contributed by atoms with Gasteiger partial charge in [-0.05, 0) is 27.2 Å². The molecular weight excluding hydrogens is 528 g/mol. The van der Waals surface area contributed by atoms with Crippen LogP contribution >= 0.6 is 0 Å². The molecule has 0 radical (unpaired) electrons. The number of hydrogen-bond acceptors (Lipinski definition) is 12. The van der Waals surface area contributed by atoms with Gasteiger partial charge in [0, 0.05) is 6.42 Å². The Hall–Kier alpha value is -1.38. The number of esters is 2. The smallest absolute Gasteiger partial charge is 0.332 e. The number of carbonyl (C=O) groups is 2. The van der Waals surface area contributed by atoms with Crippen molar-refractivity contribution in [3.8, 4) is 0 Å². The highest BCUT2D eigenvalue weighted by Gasteiger charge is 2.15. The van der Waals surface area contributed by atoms with Crippen LogP contribution in [0.3, 0.4) is 0 Å². The lowest BCUT2D eigenvalue weighted by molar-refractivity contribution is -0.160. The minimum absolute atomic E-state index is 0.0837. The van der Waals surface area contributed by atoms with E-state index < -0.39 is 5.60 Å². The molecule has 0 amide bonds. The van der Waals surface area contributed by atoms with Gasteiger partial charge in [-0.1, -0.05) is 19.8 Å². The second-order valence-electron chi connectivity index (χ2n) is 9.60. The molecule has 0 aromatic heterocycles. The maximum absolute atomic E-state index is 11.5. The second kappa shape index (κ2) is 29.1. The zero-order valence-corrected chi connectivity index (χ0v) is 25.2. The van der Waals surface area contributed by atoms with Gasteiger partial charge in [-0.15, -0.1) is 0 Å². The van der Waals surface area contributed by atoms with Crippen LogP contribution in [0.5, 0.6) is 0 Å². The van der Waals surface area contributed by atoms with Crippen molar-refractivity contribution < 1.29 is 57.0 Å². The third kappa shape index (κ3) is 32.8. The van der Waals surface area contributed by atoms with Crippen molar-refractivity contribution in [2.45, 2.75) is 59.0 Å². The number of unbranched alkanes of at least 4 members (excludes halogenated alkanes) is 2. The molecule has 0 unspecified atom stereocenters. The molecule has 0 aliphatic heterocycles. The Bertz CT molecular complexity index is 568. The molecule has 0 spiro atoms. The van der Waals surface area contributed by atoms with Crippen LogP contribution in [0.15, 0.2) is 0 Å². The summed E-state index contributed by atoms with van der Waals surface area (Å²) in [4.78, 5) is 22.9. The van der Waals surface area contributed by atoms with Gasteiger partial charge in [0.2, 0.25) is 0 Å². The van der Waals surface area contributed by atoms with E-state index in [4.69, 9.17) is 47.4 Å². The van der Waals surface area contributed by atoms with Crippen LogP contribution in [0, 0.1) is 0 Å². The quantitative estimate of drug-likeness (QED) is 0.0912. The summed E-state index contributed by atoms with van der Waals surface area (Å²) in [7, 11) is 0. The van der Waals surface area contributed by atoms with Gasteiger partial charge in [0.25, 0.3) is 0 Å². The van der Waals surface area contributed by atoms with E-state index in [1.54, 1.807) is 0 Å². The molecule has 0 N–H and O–H groups in total. The summed E-state index contributed by atoms with van der Waals surface area (Å²) in [5.41, 5.74) is -0.510. The van der Waals surface area contributed by atoms with Crippen LogP contribution in [0.1, 0.15) is 53.4 Å². The predicted octanol–water partition coefficient (Wildman–Crippen LogP) is 2.58. The van der Waals surface area contributed by atoms with Crippen molar-refractivity contribution in [1.29, 1.82) is 0 Å². The highest BCUT2D eigenvalue weighted by molar-refractivity contribution is 5.71. The molecule has 0 rings (SSSR count). The first-order valence-electron chi connectivity index (χ1n) is 14.3. The van der Waals surface area contributed by atoms with E-state index in [0.29, 0.717) is 106 Å². The summed E-state index contributed by atoms with van der Waals surface area (Å²) < 4.78 is 53.3. The summed E-state index contributed by atoms with van der Waals surface area (Å²) in [6, 6.07) is 0. The van der Waals surface area contributed by atoms with E-state index in [0.717, 1.165) is 19.3 Å². The van der Waals surface area contributed by atoms with E-state index in [1.165, 1.54) is 0 Å². The van der Waals surface area contributed by atoms with Crippen LogP contribution in [-0.4, -0.2) is 130 Å². The molecular formula is C28H54O12. The van der Waals surface area contributed by atoms with E-state index in [2.05, 4.69) is 6.92 Å². The fourth-order valence-electron chi connectivity index (χ4n) is 2.87. The first-order valence-corrected chi connectivity index (χ1v) is 14.3. The molecule has 12 nitrogen and oxygen atoms in total. The third-order valence-corrected chi connectivity index (χ3v) is 4.72. The van der Waals surface area contributed by atoms with Crippen LogP contribution < -0.4 is 0 Å². The summed E-state index contributed by atoms with van der Waals surface area (Å²) in [5, 5.41) is 0. The van der Waals surface area contributed by atoms with Gasteiger partial charge in [0.15, 0.2) is 0 Å². The van der Waals surface area contributed by atoms with E-state index >= 15 is 0 Å². The summed E-state index contributed by atoms with van der Waals surface area (Å²) in [6.07, 6.45) is 3.48. The van der Waals surface area contributed by atoms with Crippen molar-refractivity contribution in [3.63, 3.8) is 0 Å². The normalized spacial score (nSPS) is 11.6. The Morgan fingerprint density at radius 3 is 1.18 bits per heavy atom. The average Bonchev–Trinajstić information content (AvgIpc) is 2.89. The van der Waals surface area contributed by atoms with E-state index in [1.807, 2.05) is 20.8 Å². The highest BCUT2D eigenvalue weighted by Crippen LogP contribution is 2.06. The summed E-state index contributed by atoms with van der Waals surface area (Å²) in [5.74, 6) is -0.551. The Morgan fingerprint density at radius 2 is 0.825 bits per heavy atom. The van der Waals surface area contributed by atoms with E-state index in [-0.39, 0.29) is 25.2 Å². The van der Waals surface area contributed by atoms with Gasteiger partial charge < -0.3 is 47.4 Å². The van der Waals surface area contributed by atoms with Crippen LogP contribution in [-0.2, 0) is 57.0 Å². The molecule has 0 aromatic rings. The number of ether oxygens (including phenoxy) is 10. The van der Waals surface area contributed by atoms with Crippen molar-refractivity contribution in [3.05, 3.63) is 0 Å². The second-order valence-corrected chi connectivity index (χ2v) is 9.60. The van der Waals surface area contributed by atoms with Crippen molar-refractivity contribution in [2.24, 2.45) is 0 Å². The predicted molar refractivity (Wildman–Crippen MR) is 147 cm³/mol. The average molecular weight is 583 g/mol. The van der Waals surface area contributed by atoms with Crippen LogP contribution in [0.25, 0.3) is 0 Å². The molecule has 0 saturated heterocycles. The monoisotopic (exact) mass is 582 g/mol. The number of carbonyl (C=O) groups excluding carboxylic acids is 2. The zero-order chi connectivity index (χ0) is 29.6. The SMILES string of the molecule is CCCCCC(=O)OCCOCCOCCOCCOCCOCCOCCOCCOCC(=O)OC(C)(C)C. The molecule has 0 aromatic carbocycles. The summed E-state index contributed by atoms with van der Waals surface area (Å²) in [6.45, 7) is 14.4. The minimum Gasteiger partial charge on any atom is -0.463 e. The van der Waals surface area contributed by atoms with Gasteiger partial charge in [-0.3, -0.25) is 4.79 Å². The van der Waals surface area contributed by atoms with Gasteiger partial charge >= 0.3 is 11.9 Å². The van der Waals surface area contributed by atoms with Gasteiger partial charge in [-0.25, -0.2) is 4.79 Å². The number of hydrogen-bond donors (Lipinski definition) is 0. The molecule has 40 heavy (non-hydrogen) atoms. The van der Waals surface area contributed by atoms with Crippen molar-refractivity contribution in [2.75, 3.05) is 112 Å². The molecule has 0 heterocycles. The van der Waals surface area contributed by atoms with Gasteiger partial charge in [0.05, 0.1) is 99.1 Å². The zero-order valence-electron chi connectivity index (χ0n) is 25.2. The molecule has 12 heteroatoms. The first kappa shape index (κ1) is 38.6. The minimum atomic E-state index is -0.510. The molecule has 0 aliphatic carbocycles. The van der Waals surface area contributed by atoms with Crippen molar-refractivity contribution >= 4 is 11.9 Å². The highest BCUT2D eigenvalue weighted by atomic mass is 16.6. The first-order chi connectivity index (χ1) is 19.3. The summed E-state index contributed by atoms with van der Waals surface area (Å²) >= 11 is 0. The standard InChI is InChI=1S/C28H54O12/c1-5-6-7-8-26(29)39-24-23-37-20-19-35-16-15-33-12-11-31-9-10-32-13-14-34-17-18-36-21-22-38-25-27(30)40-28(2,3)4/h5-25H2,1-4H3.